The van der Waals surface area contributed by atoms with Crippen molar-refractivity contribution in [2.75, 3.05) is 10.6 Å². The van der Waals surface area contributed by atoms with Crippen LogP contribution in [0.3, 0.4) is 0 Å². The molecule has 0 radical (unpaired) electrons. The normalized spacial score (nSPS) is 10.8. The fourth-order valence-corrected chi connectivity index (χ4v) is 3.55. The number of aromatic hydroxyl groups is 1. The van der Waals surface area contributed by atoms with Gasteiger partial charge in [0, 0.05) is 16.5 Å². The summed E-state index contributed by atoms with van der Waals surface area (Å²) >= 11 is 30.2. The van der Waals surface area contributed by atoms with Gasteiger partial charge in [-0.25, -0.2) is 4.79 Å². The maximum absolute atomic E-state index is 12.4. The zero-order chi connectivity index (χ0) is 19.0. The Morgan fingerprint density at radius 2 is 1.42 bits per heavy atom. The SMILES string of the molecule is O=C(Nc1cc(Cl)c(Cl)c(Cl)c1)Nc1c(Cl)cc(Cl)c2ccc(O)cc12. The van der Waals surface area contributed by atoms with Gasteiger partial charge in [0.2, 0.25) is 0 Å². The third kappa shape index (κ3) is 3.90. The van der Waals surface area contributed by atoms with Crippen molar-refractivity contribution >= 4 is 86.2 Å². The molecule has 3 aromatic rings. The van der Waals surface area contributed by atoms with Crippen LogP contribution in [0.5, 0.6) is 5.75 Å². The molecule has 0 spiro atoms. The van der Waals surface area contributed by atoms with Crippen molar-refractivity contribution in [2.24, 2.45) is 0 Å². The Morgan fingerprint density at radius 3 is 2.08 bits per heavy atom. The molecule has 0 bridgehead atoms. The number of benzene rings is 3. The van der Waals surface area contributed by atoms with Gasteiger partial charge in [-0.3, -0.25) is 0 Å². The lowest BCUT2D eigenvalue weighted by Gasteiger charge is -2.14. The standard InChI is InChI=1S/C17H9Cl5N2O2/c18-11-6-14(21)16(10-5-8(25)1-2-9(10)11)24-17(26)23-7-3-12(19)15(22)13(20)4-7/h1-6,25H,(H2,23,24,26). The van der Waals surface area contributed by atoms with Crippen molar-refractivity contribution in [1.82, 2.24) is 0 Å². The van der Waals surface area contributed by atoms with Crippen molar-refractivity contribution in [3.63, 3.8) is 0 Å². The number of nitrogens with one attached hydrogen (secondary N) is 2. The van der Waals surface area contributed by atoms with E-state index in [0.717, 1.165) is 0 Å². The molecule has 0 aliphatic heterocycles. The van der Waals surface area contributed by atoms with E-state index in [-0.39, 0.29) is 25.8 Å². The van der Waals surface area contributed by atoms with E-state index in [2.05, 4.69) is 10.6 Å². The van der Waals surface area contributed by atoms with Gasteiger partial charge in [-0.05, 0) is 36.4 Å². The Hall–Kier alpha value is -1.56. The van der Waals surface area contributed by atoms with E-state index < -0.39 is 6.03 Å². The molecule has 3 N–H and O–H groups in total. The number of carbonyl (C=O) groups is 1. The quantitative estimate of drug-likeness (QED) is 0.355. The number of hydrogen-bond acceptors (Lipinski definition) is 2. The highest BCUT2D eigenvalue weighted by molar-refractivity contribution is 6.48. The number of anilines is 2. The fourth-order valence-electron chi connectivity index (χ4n) is 2.37. The molecule has 2 amide bonds. The highest BCUT2D eigenvalue weighted by atomic mass is 35.5. The van der Waals surface area contributed by atoms with Crippen LogP contribution in [0.2, 0.25) is 25.1 Å². The van der Waals surface area contributed by atoms with Gasteiger partial charge in [-0.1, -0.05) is 58.0 Å². The Kier molecular flexibility index (Phi) is 5.61. The first kappa shape index (κ1) is 19.2. The molecule has 0 saturated carbocycles. The summed E-state index contributed by atoms with van der Waals surface area (Å²) in [4.78, 5) is 12.4. The number of rotatable bonds is 2. The molecule has 4 nitrogen and oxygen atoms in total. The molecule has 3 rings (SSSR count). The molecular formula is C17H9Cl5N2O2. The molecule has 9 heteroatoms. The minimum absolute atomic E-state index is 0.00977. The summed E-state index contributed by atoms with van der Waals surface area (Å²) in [6.07, 6.45) is 0. The smallest absolute Gasteiger partial charge is 0.323 e. The summed E-state index contributed by atoms with van der Waals surface area (Å²) < 4.78 is 0. The van der Waals surface area contributed by atoms with E-state index in [4.69, 9.17) is 58.0 Å². The number of fused-ring (bicyclic) bond motifs is 1. The lowest BCUT2D eigenvalue weighted by Crippen LogP contribution is -2.20. The third-order valence-electron chi connectivity index (χ3n) is 3.50. The summed E-state index contributed by atoms with van der Waals surface area (Å²) in [6.45, 7) is 0. The van der Waals surface area contributed by atoms with E-state index in [1.165, 1.54) is 30.3 Å². The Bertz CT molecular complexity index is 1020. The highest BCUT2D eigenvalue weighted by Crippen LogP contribution is 2.38. The zero-order valence-electron chi connectivity index (χ0n) is 12.7. The van der Waals surface area contributed by atoms with Crippen LogP contribution in [0.25, 0.3) is 10.8 Å². The summed E-state index contributed by atoms with van der Waals surface area (Å²) in [5.74, 6) is 0.00977. The number of carbonyl (C=O) groups excluding carboxylic acids is 1. The van der Waals surface area contributed by atoms with E-state index in [9.17, 15) is 9.90 Å². The van der Waals surface area contributed by atoms with Crippen LogP contribution in [0.4, 0.5) is 16.2 Å². The predicted molar refractivity (Wildman–Crippen MR) is 110 cm³/mol. The molecule has 0 aliphatic rings. The summed E-state index contributed by atoms with van der Waals surface area (Å²) in [5, 5.41) is 17.3. The number of phenols is 1. The molecular weight excluding hydrogens is 441 g/mol. The molecule has 0 heterocycles. The van der Waals surface area contributed by atoms with Gasteiger partial charge in [0.1, 0.15) is 5.75 Å². The molecule has 0 aromatic heterocycles. The van der Waals surface area contributed by atoms with Crippen LogP contribution in [-0.2, 0) is 0 Å². The molecule has 0 atom stereocenters. The first-order chi connectivity index (χ1) is 12.3. The predicted octanol–water partition coefficient (Wildman–Crippen LogP) is 7.46. The monoisotopic (exact) mass is 448 g/mol. The van der Waals surface area contributed by atoms with Gasteiger partial charge >= 0.3 is 6.03 Å². The van der Waals surface area contributed by atoms with Gasteiger partial charge in [0.25, 0.3) is 0 Å². The van der Waals surface area contributed by atoms with Crippen LogP contribution in [-0.4, -0.2) is 11.1 Å². The Balaban J connectivity index is 1.94. The molecule has 0 saturated heterocycles. The summed E-state index contributed by atoms with van der Waals surface area (Å²) in [7, 11) is 0. The second kappa shape index (κ2) is 7.59. The fraction of sp³-hybridized carbons (Fsp3) is 0. The molecule has 0 aliphatic carbocycles. The van der Waals surface area contributed by atoms with Gasteiger partial charge in [0.05, 0.1) is 30.8 Å². The third-order valence-corrected chi connectivity index (χ3v) is 5.31. The number of halogens is 5. The van der Waals surface area contributed by atoms with Crippen LogP contribution < -0.4 is 10.6 Å². The molecule has 0 unspecified atom stereocenters. The summed E-state index contributed by atoms with van der Waals surface area (Å²) in [6, 6.07) is 8.42. The van der Waals surface area contributed by atoms with E-state index in [0.29, 0.717) is 27.2 Å². The van der Waals surface area contributed by atoms with Crippen molar-refractivity contribution in [3.8, 4) is 5.75 Å². The Morgan fingerprint density at radius 1 is 0.769 bits per heavy atom. The van der Waals surface area contributed by atoms with Crippen LogP contribution in [0.15, 0.2) is 36.4 Å². The second-order valence-corrected chi connectivity index (χ2v) is 7.28. The summed E-state index contributed by atoms with van der Waals surface area (Å²) in [5.41, 5.74) is 0.643. The molecule has 134 valence electrons. The van der Waals surface area contributed by atoms with Crippen molar-refractivity contribution in [3.05, 3.63) is 61.5 Å². The van der Waals surface area contributed by atoms with Crippen molar-refractivity contribution in [1.29, 1.82) is 0 Å². The van der Waals surface area contributed by atoms with Gasteiger partial charge < -0.3 is 15.7 Å². The average Bonchev–Trinajstić information content (AvgIpc) is 2.56. The van der Waals surface area contributed by atoms with E-state index in [1.54, 1.807) is 6.07 Å². The average molecular weight is 451 g/mol. The Labute approximate surface area is 173 Å². The minimum atomic E-state index is -0.590. The first-order valence-electron chi connectivity index (χ1n) is 7.09. The largest absolute Gasteiger partial charge is 0.508 e. The minimum Gasteiger partial charge on any atom is -0.508 e. The maximum Gasteiger partial charge on any atom is 0.323 e. The topological polar surface area (TPSA) is 61.4 Å². The first-order valence-corrected chi connectivity index (χ1v) is 8.98. The lowest BCUT2D eigenvalue weighted by atomic mass is 10.1. The zero-order valence-corrected chi connectivity index (χ0v) is 16.5. The molecule has 3 aromatic carbocycles. The van der Waals surface area contributed by atoms with Crippen molar-refractivity contribution in [2.45, 2.75) is 0 Å². The van der Waals surface area contributed by atoms with Crippen LogP contribution in [0.1, 0.15) is 0 Å². The highest BCUT2D eigenvalue weighted by Gasteiger charge is 2.14. The van der Waals surface area contributed by atoms with E-state index in [1.807, 2.05) is 0 Å². The van der Waals surface area contributed by atoms with Gasteiger partial charge in [-0.15, -0.1) is 0 Å². The van der Waals surface area contributed by atoms with Gasteiger partial charge in [-0.2, -0.15) is 0 Å². The van der Waals surface area contributed by atoms with Crippen molar-refractivity contribution < 1.29 is 9.90 Å². The maximum atomic E-state index is 12.4. The molecule has 26 heavy (non-hydrogen) atoms. The second-order valence-electron chi connectivity index (χ2n) is 5.28. The van der Waals surface area contributed by atoms with Crippen LogP contribution >= 0.6 is 58.0 Å². The van der Waals surface area contributed by atoms with E-state index >= 15 is 0 Å². The number of hydrogen-bond donors (Lipinski definition) is 3. The van der Waals surface area contributed by atoms with Gasteiger partial charge in [0.15, 0.2) is 0 Å². The van der Waals surface area contributed by atoms with Crippen LogP contribution in [0, 0.1) is 0 Å². The number of phenolic OH excluding ortho intramolecular Hbond substituents is 1. The lowest BCUT2D eigenvalue weighted by molar-refractivity contribution is 0.262. The molecule has 0 fully saturated rings. The number of urea groups is 1. The number of amides is 2.